The molecule has 0 radical (unpaired) electrons. The second kappa shape index (κ2) is 4.23. The van der Waals surface area contributed by atoms with Crippen LogP contribution in [0.15, 0.2) is 27.1 Å². The maximum atomic E-state index is 5.61. The van der Waals surface area contributed by atoms with E-state index in [1.807, 2.05) is 12.1 Å². The number of hydrogen-bond donors (Lipinski definition) is 2. The van der Waals surface area contributed by atoms with Gasteiger partial charge in [-0.15, -0.1) is 0 Å². The van der Waals surface area contributed by atoms with Crippen molar-refractivity contribution in [1.82, 2.24) is 4.98 Å². The van der Waals surface area contributed by atoms with Crippen LogP contribution in [0.3, 0.4) is 0 Å². The van der Waals surface area contributed by atoms with Crippen LogP contribution in [0.5, 0.6) is 0 Å². The molecule has 0 aliphatic heterocycles. The first-order valence-electron chi connectivity index (χ1n) is 5.46. The van der Waals surface area contributed by atoms with Gasteiger partial charge >= 0.3 is 0 Å². The second-order valence-electron chi connectivity index (χ2n) is 4.27. The van der Waals surface area contributed by atoms with E-state index in [-0.39, 0.29) is 0 Å². The van der Waals surface area contributed by atoms with E-state index < -0.39 is 0 Å². The Hall–Kier alpha value is -0.650. The molecule has 1 aromatic heterocycles. The smallest absolute Gasteiger partial charge is 0.0880 e. The number of nitrogens with zero attached hydrogens (tertiary/aromatic N) is 1. The Bertz CT molecular complexity index is 594. The van der Waals surface area contributed by atoms with Crippen molar-refractivity contribution in [2.24, 2.45) is 5.84 Å². The van der Waals surface area contributed by atoms with Gasteiger partial charge in [-0.3, -0.25) is 10.8 Å². The van der Waals surface area contributed by atoms with Crippen LogP contribution in [0.1, 0.15) is 24.5 Å². The third-order valence-electron chi connectivity index (χ3n) is 3.03. The molecule has 1 aromatic carbocycles. The summed E-state index contributed by atoms with van der Waals surface area (Å²) < 4.78 is 1.99. The van der Waals surface area contributed by atoms with Crippen molar-refractivity contribution in [3.63, 3.8) is 0 Å². The van der Waals surface area contributed by atoms with Crippen molar-refractivity contribution >= 4 is 48.5 Å². The first-order chi connectivity index (χ1) is 8.20. The Balaban J connectivity index is 2.35. The summed E-state index contributed by atoms with van der Waals surface area (Å²) in [5, 5.41) is 1.02. The molecule has 1 aliphatic rings. The SMILES string of the molecule is NNc1cc(C2CC2)nc2c(Br)ccc(Br)c12. The molecule has 5 heteroatoms. The number of hydrazine groups is 1. The highest BCUT2D eigenvalue weighted by atomic mass is 79.9. The van der Waals surface area contributed by atoms with E-state index in [1.165, 1.54) is 12.8 Å². The maximum absolute atomic E-state index is 5.61. The van der Waals surface area contributed by atoms with Crippen molar-refractivity contribution < 1.29 is 0 Å². The molecule has 3 rings (SSSR count). The standard InChI is InChI=1S/C12H11Br2N3/c13-7-3-4-8(14)12-11(7)10(17-15)5-9(16-12)6-1-2-6/h3-6H,1-2,15H2,(H,16,17). The Kier molecular flexibility index (Phi) is 2.84. The van der Waals surface area contributed by atoms with E-state index in [4.69, 9.17) is 10.8 Å². The van der Waals surface area contributed by atoms with Crippen LogP contribution < -0.4 is 11.3 Å². The molecule has 1 fully saturated rings. The Morgan fingerprint density at radius 3 is 2.59 bits per heavy atom. The third-order valence-corrected chi connectivity index (χ3v) is 4.33. The molecule has 3 N–H and O–H groups in total. The van der Waals surface area contributed by atoms with Crippen molar-refractivity contribution in [2.45, 2.75) is 18.8 Å². The van der Waals surface area contributed by atoms with Gasteiger partial charge < -0.3 is 5.43 Å². The highest BCUT2D eigenvalue weighted by Crippen LogP contribution is 2.43. The van der Waals surface area contributed by atoms with E-state index in [9.17, 15) is 0 Å². The number of pyridine rings is 1. The zero-order valence-electron chi connectivity index (χ0n) is 9.00. The number of fused-ring (bicyclic) bond motifs is 1. The molecule has 0 spiro atoms. The molecule has 0 amide bonds. The Morgan fingerprint density at radius 1 is 1.24 bits per heavy atom. The molecule has 2 aromatic rings. The van der Waals surface area contributed by atoms with E-state index in [0.717, 1.165) is 31.2 Å². The lowest BCUT2D eigenvalue weighted by Crippen LogP contribution is -2.08. The lowest BCUT2D eigenvalue weighted by atomic mass is 10.1. The van der Waals surface area contributed by atoms with Gasteiger partial charge in [0, 0.05) is 25.9 Å². The number of nitrogens with two attached hydrogens (primary N) is 1. The van der Waals surface area contributed by atoms with Crippen molar-refractivity contribution in [3.8, 4) is 0 Å². The summed E-state index contributed by atoms with van der Waals surface area (Å²) in [6.07, 6.45) is 2.46. The zero-order valence-corrected chi connectivity index (χ0v) is 12.2. The largest absolute Gasteiger partial charge is 0.323 e. The number of hydrogen-bond acceptors (Lipinski definition) is 3. The van der Waals surface area contributed by atoms with E-state index >= 15 is 0 Å². The van der Waals surface area contributed by atoms with Gasteiger partial charge in [0.2, 0.25) is 0 Å². The Labute approximate surface area is 116 Å². The van der Waals surface area contributed by atoms with Gasteiger partial charge in [-0.1, -0.05) is 15.9 Å². The summed E-state index contributed by atoms with van der Waals surface area (Å²) in [4.78, 5) is 4.73. The number of anilines is 1. The molecule has 1 aliphatic carbocycles. The van der Waals surface area contributed by atoms with Gasteiger partial charge in [-0.25, -0.2) is 0 Å². The van der Waals surface area contributed by atoms with E-state index in [2.05, 4.69) is 43.4 Å². The van der Waals surface area contributed by atoms with Gasteiger partial charge in [0.15, 0.2) is 0 Å². The molecule has 0 atom stereocenters. The normalized spacial score (nSPS) is 15.2. The predicted molar refractivity (Wildman–Crippen MR) is 76.9 cm³/mol. The Morgan fingerprint density at radius 2 is 1.94 bits per heavy atom. The van der Waals surface area contributed by atoms with Crippen LogP contribution in [0.25, 0.3) is 10.9 Å². The molecule has 17 heavy (non-hydrogen) atoms. The van der Waals surface area contributed by atoms with Crippen molar-refractivity contribution in [3.05, 3.63) is 32.8 Å². The van der Waals surface area contributed by atoms with Gasteiger partial charge in [-0.2, -0.15) is 0 Å². The van der Waals surface area contributed by atoms with Crippen LogP contribution in [-0.4, -0.2) is 4.98 Å². The number of halogens is 2. The van der Waals surface area contributed by atoms with Crippen LogP contribution in [0.4, 0.5) is 5.69 Å². The predicted octanol–water partition coefficient (Wildman–Crippen LogP) is 3.92. The van der Waals surface area contributed by atoms with Gasteiger partial charge in [0.1, 0.15) is 0 Å². The average Bonchev–Trinajstić information content (AvgIpc) is 3.16. The van der Waals surface area contributed by atoms with Gasteiger partial charge in [0.05, 0.1) is 11.2 Å². The molecule has 3 nitrogen and oxygen atoms in total. The summed E-state index contributed by atoms with van der Waals surface area (Å²) in [7, 11) is 0. The quantitative estimate of drug-likeness (QED) is 0.633. The third kappa shape index (κ3) is 1.96. The fourth-order valence-corrected chi connectivity index (χ4v) is 2.94. The monoisotopic (exact) mass is 355 g/mol. The molecule has 88 valence electrons. The zero-order chi connectivity index (χ0) is 12.0. The van der Waals surface area contributed by atoms with Crippen molar-refractivity contribution in [2.75, 3.05) is 5.43 Å². The molecule has 1 heterocycles. The molecular weight excluding hydrogens is 346 g/mol. The number of aromatic nitrogens is 1. The number of rotatable bonds is 2. The van der Waals surface area contributed by atoms with Crippen LogP contribution >= 0.6 is 31.9 Å². The number of nitrogen functional groups attached to an aromatic ring is 1. The lowest BCUT2D eigenvalue weighted by Gasteiger charge is -2.11. The van der Waals surface area contributed by atoms with E-state index in [1.54, 1.807) is 0 Å². The van der Waals surface area contributed by atoms with Crippen molar-refractivity contribution in [1.29, 1.82) is 0 Å². The molecule has 0 bridgehead atoms. The minimum Gasteiger partial charge on any atom is -0.323 e. The van der Waals surface area contributed by atoms with Crippen LogP contribution in [-0.2, 0) is 0 Å². The average molecular weight is 357 g/mol. The summed E-state index contributed by atoms with van der Waals surface area (Å²) in [6.45, 7) is 0. The van der Waals surface area contributed by atoms with Gasteiger partial charge in [0.25, 0.3) is 0 Å². The molecular formula is C12H11Br2N3. The number of benzene rings is 1. The first kappa shape index (κ1) is 11.4. The lowest BCUT2D eigenvalue weighted by molar-refractivity contribution is 1.04. The molecule has 0 saturated heterocycles. The topological polar surface area (TPSA) is 50.9 Å². The minimum absolute atomic E-state index is 0.609. The summed E-state index contributed by atoms with van der Waals surface area (Å²) in [5.41, 5.74) is 5.78. The van der Waals surface area contributed by atoms with E-state index in [0.29, 0.717) is 5.92 Å². The maximum Gasteiger partial charge on any atom is 0.0880 e. The summed E-state index contributed by atoms with van der Waals surface area (Å²) in [5.74, 6) is 6.22. The van der Waals surface area contributed by atoms with Crippen LogP contribution in [0.2, 0.25) is 0 Å². The molecule has 0 unspecified atom stereocenters. The number of nitrogens with one attached hydrogen (secondary N) is 1. The highest BCUT2D eigenvalue weighted by molar-refractivity contribution is 9.11. The summed E-state index contributed by atoms with van der Waals surface area (Å²) >= 11 is 7.09. The fourth-order valence-electron chi connectivity index (χ4n) is 1.99. The summed E-state index contributed by atoms with van der Waals surface area (Å²) in [6, 6.07) is 6.04. The highest BCUT2D eigenvalue weighted by Gasteiger charge is 2.26. The molecule has 1 saturated carbocycles. The minimum atomic E-state index is 0.609. The first-order valence-corrected chi connectivity index (χ1v) is 7.04. The second-order valence-corrected chi connectivity index (χ2v) is 5.97. The fraction of sp³-hybridized carbons (Fsp3) is 0.250. The van der Waals surface area contributed by atoms with Crippen LogP contribution in [0, 0.1) is 0 Å². The van der Waals surface area contributed by atoms with Gasteiger partial charge in [-0.05, 0) is 47.0 Å².